The van der Waals surface area contributed by atoms with E-state index in [1.54, 1.807) is 18.5 Å². The van der Waals surface area contributed by atoms with Crippen LogP contribution >= 0.6 is 11.6 Å². The SMILES string of the molecule is Cc1nn(Cc2noc(C(=O)NCc3cccc(C(F)(F)F)c3)n2)c(C)c1Cl. The van der Waals surface area contributed by atoms with Gasteiger partial charge in [-0.05, 0) is 31.5 Å². The molecule has 0 atom stereocenters. The molecule has 2 heterocycles. The zero-order valence-electron chi connectivity index (χ0n) is 14.8. The Labute approximate surface area is 162 Å². The van der Waals surface area contributed by atoms with Gasteiger partial charge in [0.15, 0.2) is 5.82 Å². The van der Waals surface area contributed by atoms with Crippen molar-refractivity contribution in [3.8, 4) is 0 Å². The Bertz CT molecular complexity index is 1010. The summed E-state index contributed by atoms with van der Waals surface area (Å²) in [5.41, 5.74) is 0.879. The van der Waals surface area contributed by atoms with E-state index in [4.69, 9.17) is 16.1 Å². The van der Waals surface area contributed by atoms with Crippen LogP contribution in [0, 0.1) is 13.8 Å². The molecule has 0 bridgehead atoms. The number of amides is 1. The summed E-state index contributed by atoms with van der Waals surface area (Å²) in [6, 6.07) is 4.67. The summed E-state index contributed by atoms with van der Waals surface area (Å²) in [6.07, 6.45) is -4.45. The number of nitrogens with zero attached hydrogens (tertiary/aromatic N) is 4. The Balaban J connectivity index is 1.64. The minimum atomic E-state index is -4.45. The average molecular weight is 414 g/mol. The number of carbonyl (C=O) groups excluding carboxylic acids is 1. The van der Waals surface area contributed by atoms with E-state index in [1.807, 2.05) is 0 Å². The summed E-state index contributed by atoms with van der Waals surface area (Å²) in [4.78, 5) is 16.1. The van der Waals surface area contributed by atoms with Crippen molar-refractivity contribution < 1.29 is 22.5 Å². The number of hydrogen-bond donors (Lipinski definition) is 1. The smallest absolute Gasteiger partial charge is 0.344 e. The van der Waals surface area contributed by atoms with Gasteiger partial charge in [0.05, 0.1) is 22.0 Å². The highest BCUT2D eigenvalue weighted by Gasteiger charge is 2.30. The fourth-order valence-corrected chi connectivity index (χ4v) is 2.62. The van der Waals surface area contributed by atoms with Crippen LogP contribution in [0.3, 0.4) is 0 Å². The van der Waals surface area contributed by atoms with Crippen LogP contribution in [0.4, 0.5) is 13.2 Å². The van der Waals surface area contributed by atoms with Crippen LogP contribution in [0.2, 0.25) is 5.02 Å². The van der Waals surface area contributed by atoms with Crippen molar-refractivity contribution >= 4 is 17.5 Å². The van der Waals surface area contributed by atoms with Gasteiger partial charge in [0.25, 0.3) is 0 Å². The highest BCUT2D eigenvalue weighted by molar-refractivity contribution is 6.31. The lowest BCUT2D eigenvalue weighted by Crippen LogP contribution is -2.23. The zero-order chi connectivity index (χ0) is 20.5. The van der Waals surface area contributed by atoms with E-state index in [1.165, 1.54) is 12.1 Å². The van der Waals surface area contributed by atoms with Crippen molar-refractivity contribution in [1.29, 1.82) is 0 Å². The maximum Gasteiger partial charge on any atom is 0.416 e. The van der Waals surface area contributed by atoms with Gasteiger partial charge >= 0.3 is 18.0 Å². The molecular weight excluding hydrogens is 399 g/mol. The molecule has 148 valence electrons. The molecule has 0 aliphatic rings. The number of carbonyl (C=O) groups is 1. The molecule has 0 radical (unpaired) electrons. The maximum atomic E-state index is 12.7. The molecule has 0 saturated carbocycles. The van der Waals surface area contributed by atoms with E-state index in [0.717, 1.165) is 17.8 Å². The minimum absolute atomic E-state index is 0.118. The second-order valence-corrected chi connectivity index (χ2v) is 6.42. The second-order valence-electron chi connectivity index (χ2n) is 6.04. The molecule has 0 aliphatic carbocycles. The molecule has 1 aromatic carbocycles. The third kappa shape index (κ3) is 4.33. The fraction of sp³-hybridized carbons (Fsp3) is 0.294. The van der Waals surface area contributed by atoms with Crippen LogP contribution in [0.1, 0.15) is 39.0 Å². The second kappa shape index (κ2) is 7.63. The standard InChI is InChI=1S/C17H15ClF3N5O2/c1-9-14(18)10(2)26(24-9)8-13-23-16(28-25-13)15(27)22-7-11-4-3-5-12(6-11)17(19,20)21/h3-6H,7-8H2,1-2H3,(H,22,27). The van der Waals surface area contributed by atoms with Gasteiger partial charge < -0.3 is 9.84 Å². The van der Waals surface area contributed by atoms with Gasteiger partial charge in [0.2, 0.25) is 0 Å². The molecule has 3 rings (SSSR count). The van der Waals surface area contributed by atoms with Crippen molar-refractivity contribution in [3.05, 3.63) is 63.5 Å². The molecular formula is C17H15ClF3N5O2. The first-order valence-corrected chi connectivity index (χ1v) is 8.49. The number of hydrogen-bond acceptors (Lipinski definition) is 5. The first-order valence-electron chi connectivity index (χ1n) is 8.11. The number of halogens is 4. The van der Waals surface area contributed by atoms with Gasteiger partial charge in [-0.3, -0.25) is 9.48 Å². The van der Waals surface area contributed by atoms with Crippen molar-refractivity contribution in [1.82, 2.24) is 25.2 Å². The molecule has 0 spiro atoms. The highest BCUT2D eigenvalue weighted by atomic mass is 35.5. The summed E-state index contributed by atoms with van der Waals surface area (Å²) >= 11 is 6.08. The summed E-state index contributed by atoms with van der Waals surface area (Å²) < 4.78 is 44.7. The first kappa shape index (κ1) is 19.9. The number of alkyl halides is 3. The van der Waals surface area contributed by atoms with E-state index >= 15 is 0 Å². The highest BCUT2D eigenvalue weighted by Crippen LogP contribution is 2.29. The van der Waals surface area contributed by atoms with Gasteiger partial charge in [-0.15, -0.1) is 0 Å². The number of aromatic nitrogens is 4. The number of rotatable bonds is 5. The lowest BCUT2D eigenvalue weighted by Gasteiger charge is -2.08. The topological polar surface area (TPSA) is 85.8 Å². The predicted molar refractivity (Wildman–Crippen MR) is 92.7 cm³/mol. The Hall–Kier alpha value is -2.88. The van der Waals surface area contributed by atoms with Gasteiger partial charge in [0.1, 0.15) is 6.54 Å². The first-order chi connectivity index (χ1) is 13.1. The van der Waals surface area contributed by atoms with Crippen molar-refractivity contribution in [2.75, 3.05) is 0 Å². The lowest BCUT2D eigenvalue weighted by atomic mass is 10.1. The fourth-order valence-electron chi connectivity index (χ4n) is 2.49. The Morgan fingerprint density at radius 1 is 1.32 bits per heavy atom. The summed E-state index contributed by atoms with van der Waals surface area (Å²) in [7, 11) is 0. The third-order valence-electron chi connectivity index (χ3n) is 3.95. The monoisotopic (exact) mass is 413 g/mol. The molecule has 3 aromatic rings. The molecule has 7 nitrogen and oxygen atoms in total. The summed E-state index contributed by atoms with van der Waals surface area (Å²) in [5.74, 6) is -0.774. The van der Waals surface area contributed by atoms with E-state index in [0.29, 0.717) is 16.3 Å². The maximum absolute atomic E-state index is 12.7. The van der Waals surface area contributed by atoms with Crippen LogP contribution in [-0.2, 0) is 19.3 Å². The zero-order valence-corrected chi connectivity index (χ0v) is 15.6. The third-order valence-corrected chi connectivity index (χ3v) is 4.50. The number of nitrogens with one attached hydrogen (secondary N) is 1. The summed E-state index contributed by atoms with van der Waals surface area (Å²) in [6.45, 7) is 3.58. The molecule has 1 N–H and O–H groups in total. The molecule has 0 fully saturated rings. The quantitative estimate of drug-likeness (QED) is 0.691. The number of aryl methyl sites for hydroxylation is 1. The van der Waals surface area contributed by atoms with E-state index in [2.05, 4.69) is 20.6 Å². The van der Waals surface area contributed by atoms with E-state index < -0.39 is 17.6 Å². The molecule has 0 aliphatic heterocycles. The van der Waals surface area contributed by atoms with E-state index in [9.17, 15) is 18.0 Å². The van der Waals surface area contributed by atoms with Crippen molar-refractivity contribution in [3.63, 3.8) is 0 Å². The van der Waals surface area contributed by atoms with Gasteiger partial charge in [-0.2, -0.15) is 23.3 Å². The van der Waals surface area contributed by atoms with Crippen LogP contribution in [-0.4, -0.2) is 25.8 Å². The van der Waals surface area contributed by atoms with Gasteiger partial charge in [0, 0.05) is 6.54 Å². The Morgan fingerprint density at radius 2 is 2.07 bits per heavy atom. The molecule has 0 saturated heterocycles. The number of benzene rings is 1. The van der Waals surface area contributed by atoms with Crippen LogP contribution in [0.25, 0.3) is 0 Å². The summed E-state index contributed by atoms with van der Waals surface area (Å²) in [5, 5.41) is 10.9. The van der Waals surface area contributed by atoms with E-state index in [-0.39, 0.29) is 24.8 Å². The van der Waals surface area contributed by atoms with Gasteiger partial charge in [-0.1, -0.05) is 28.9 Å². The predicted octanol–water partition coefficient (Wildman–Crippen LogP) is 3.53. The molecule has 11 heteroatoms. The van der Waals surface area contributed by atoms with Crippen molar-refractivity contribution in [2.45, 2.75) is 33.1 Å². The van der Waals surface area contributed by atoms with Gasteiger partial charge in [-0.25, -0.2) is 0 Å². The molecule has 2 aromatic heterocycles. The normalized spacial score (nSPS) is 11.6. The lowest BCUT2D eigenvalue weighted by molar-refractivity contribution is -0.137. The minimum Gasteiger partial charge on any atom is -0.344 e. The Kier molecular flexibility index (Phi) is 5.41. The van der Waals surface area contributed by atoms with Crippen LogP contribution in [0.5, 0.6) is 0 Å². The molecule has 28 heavy (non-hydrogen) atoms. The molecule has 1 amide bonds. The van der Waals surface area contributed by atoms with Crippen LogP contribution < -0.4 is 5.32 Å². The van der Waals surface area contributed by atoms with Crippen molar-refractivity contribution in [2.24, 2.45) is 0 Å². The largest absolute Gasteiger partial charge is 0.416 e. The van der Waals surface area contributed by atoms with Crippen LogP contribution in [0.15, 0.2) is 28.8 Å². The Morgan fingerprint density at radius 3 is 2.71 bits per heavy atom. The molecule has 0 unspecified atom stereocenters. The average Bonchev–Trinajstić information content (AvgIpc) is 3.20.